The van der Waals surface area contributed by atoms with E-state index in [0.29, 0.717) is 18.1 Å². The Kier molecular flexibility index (Phi) is 5.91. The fraction of sp³-hybridized carbons (Fsp3) is 0.481. The van der Waals surface area contributed by atoms with Gasteiger partial charge in [-0.25, -0.2) is 0 Å². The summed E-state index contributed by atoms with van der Waals surface area (Å²) in [5.74, 6) is 1.40. The number of nitrogens with zero attached hydrogens (tertiary/aromatic N) is 1. The van der Waals surface area contributed by atoms with Gasteiger partial charge >= 0.3 is 0 Å². The molecule has 2 aliphatic heterocycles. The highest BCUT2D eigenvalue weighted by atomic mass is 16.2. The fourth-order valence-electron chi connectivity index (χ4n) is 5.65. The fourth-order valence-corrected chi connectivity index (χ4v) is 5.65. The Labute approximate surface area is 185 Å². The summed E-state index contributed by atoms with van der Waals surface area (Å²) < 4.78 is 0. The third-order valence-corrected chi connectivity index (χ3v) is 7.42. The summed E-state index contributed by atoms with van der Waals surface area (Å²) in [7, 11) is 0. The molecule has 4 nitrogen and oxygen atoms in total. The lowest BCUT2D eigenvalue weighted by Crippen LogP contribution is -2.33. The number of nitrogens with one attached hydrogen (secondary N) is 1. The second-order valence-electron chi connectivity index (χ2n) is 9.46. The normalized spacial score (nSPS) is 22.5. The van der Waals surface area contributed by atoms with Crippen LogP contribution in [0.5, 0.6) is 0 Å². The maximum atomic E-state index is 13.3. The molecule has 1 amide bonds. The van der Waals surface area contributed by atoms with Crippen LogP contribution < -0.4 is 10.2 Å². The number of benzene rings is 2. The molecule has 1 saturated carbocycles. The first kappa shape index (κ1) is 20.4. The Hall–Kier alpha value is -2.46. The lowest BCUT2D eigenvalue weighted by atomic mass is 9.78. The van der Waals surface area contributed by atoms with Crippen molar-refractivity contribution in [2.24, 2.45) is 11.8 Å². The standard InChI is InChI=1S/C27H32N2O2/c30-25-11-10-22-16-24(17-23-13-15-29(25)26(22)23)27(31)21-8-6-20(7-9-21)18-28-14-12-19-4-2-1-3-5-19/h1-5,16-17,20-21,28H,6-15,18H2. The molecule has 0 spiro atoms. The number of rotatable bonds is 7. The largest absolute Gasteiger partial charge is 0.316 e. The monoisotopic (exact) mass is 416 g/mol. The predicted octanol–water partition coefficient (Wildman–Crippen LogP) is 4.34. The lowest BCUT2D eigenvalue weighted by molar-refractivity contribution is -0.118. The van der Waals surface area contributed by atoms with Crippen LogP contribution in [0.1, 0.15) is 59.2 Å². The van der Waals surface area contributed by atoms with Crippen LogP contribution in [0.15, 0.2) is 42.5 Å². The minimum atomic E-state index is 0.161. The maximum absolute atomic E-state index is 13.3. The van der Waals surface area contributed by atoms with Crippen LogP contribution in [-0.4, -0.2) is 31.3 Å². The Morgan fingerprint density at radius 1 is 0.968 bits per heavy atom. The first-order valence-electron chi connectivity index (χ1n) is 11.9. The summed E-state index contributed by atoms with van der Waals surface area (Å²) in [5, 5.41) is 3.62. The Bertz CT molecular complexity index is 961. The molecule has 5 rings (SSSR count). The first-order valence-corrected chi connectivity index (χ1v) is 11.9. The summed E-state index contributed by atoms with van der Waals surface area (Å²) in [6.45, 7) is 2.85. The van der Waals surface area contributed by atoms with Crippen molar-refractivity contribution in [3.8, 4) is 0 Å². The van der Waals surface area contributed by atoms with Gasteiger partial charge in [-0.1, -0.05) is 30.3 Å². The van der Waals surface area contributed by atoms with Crippen molar-refractivity contribution in [2.45, 2.75) is 51.4 Å². The maximum Gasteiger partial charge on any atom is 0.227 e. The van der Waals surface area contributed by atoms with E-state index in [4.69, 9.17) is 0 Å². The second kappa shape index (κ2) is 8.96. The molecular weight excluding hydrogens is 384 g/mol. The van der Waals surface area contributed by atoms with Crippen LogP contribution in [-0.2, 0) is 24.1 Å². The highest BCUT2D eigenvalue weighted by Gasteiger charge is 2.33. The number of anilines is 1. The average molecular weight is 417 g/mol. The van der Waals surface area contributed by atoms with Crippen molar-refractivity contribution in [2.75, 3.05) is 24.5 Å². The van der Waals surface area contributed by atoms with Crippen molar-refractivity contribution in [3.63, 3.8) is 0 Å². The van der Waals surface area contributed by atoms with Gasteiger partial charge in [-0.3, -0.25) is 9.59 Å². The molecule has 0 saturated heterocycles. The number of carbonyl (C=O) groups is 2. The zero-order valence-corrected chi connectivity index (χ0v) is 18.2. The number of hydrogen-bond donors (Lipinski definition) is 1. The van der Waals surface area contributed by atoms with Crippen LogP contribution in [0.25, 0.3) is 0 Å². The van der Waals surface area contributed by atoms with Gasteiger partial charge in [-0.2, -0.15) is 0 Å². The molecular formula is C27H32N2O2. The lowest BCUT2D eigenvalue weighted by Gasteiger charge is -2.29. The van der Waals surface area contributed by atoms with Gasteiger partial charge in [0.25, 0.3) is 0 Å². The highest BCUT2D eigenvalue weighted by molar-refractivity contribution is 6.02. The third-order valence-electron chi connectivity index (χ3n) is 7.42. The van der Waals surface area contributed by atoms with Crippen LogP contribution in [0.3, 0.4) is 0 Å². The highest BCUT2D eigenvalue weighted by Crippen LogP contribution is 2.39. The van der Waals surface area contributed by atoms with Gasteiger partial charge in [0.1, 0.15) is 0 Å². The molecule has 0 unspecified atom stereocenters. The number of aryl methyl sites for hydroxylation is 1. The topological polar surface area (TPSA) is 49.4 Å². The molecule has 0 aromatic heterocycles. The molecule has 0 bridgehead atoms. The molecule has 0 atom stereocenters. The molecule has 2 aromatic carbocycles. The molecule has 4 heteroatoms. The third kappa shape index (κ3) is 4.31. The molecule has 2 aromatic rings. The molecule has 2 heterocycles. The molecule has 162 valence electrons. The van der Waals surface area contributed by atoms with Crippen molar-refractivity contribution < 1.29 is 9.59 Å². The van der Waals surface area contributed by atoms with Gasteiger partial charge in [0.2, 0.25) is 5.91 Å². The molecule has 0 radical (unpaired) electrons. The van der Waals surface area contributed by atoms with Crippen molar-refractivity contribution in [1.82, 2.24) is 5.32 Å². The quantitative estimate of drug-likeness (QED) is 0.539. The summed E-state index contributed by atoms with van der Waals surface area (Å²) in [6.07, 6.45) is 7.58. The van der Waals surface area contributed by atoms with Crippen LogP contribution in [0, 0.1) is 11.8 Å². The van der Waals surface area contributed by atoms with E-state index < -0.39 is 0 Å². The minimum Gasteiger partial charge on any atom is -0.316 e. The molecule has 1 N–H and O–H groups in total. The first-order chi connectivity index (χ1) is 15.2. The van der Waals surface area contributed by atoms with E-state index in [-0.39, 0.29) is 11.8 Å². The average Bonchev–Trinajstić information content (AvgIpc) is 3.25. The summed E-state index contributed by atoms with van der Waals surface area (Å²) in [6, 6.07) is 14.8. The van der Waals surface area contributed by atoms with Gasteiger partial charge in [0, 0.05) is 24.4 Å². The smallest absolute Gasteiger partial charge is 0.227 e. The molecule has 31 heavy (non-hydrogen) atoms. The van der Waals surface area contributed by atoms with Gasteiger partial charge in [-0.05, 0) is 92.8 Å². The number of amides is 1. The van der Waals surface area contributed by atoms with Gasteiger partial charge < -0.3 is 10.2 Å². The second-order valence-corrected chi connectivity index (χ2v) is 9.46. The summed E-state index contributed by atoms with van der Waals surface area (Å²) in [4.78, 5) is 27.3. The number of ketones is 1. The van der Waals surface area contributed by atoms with Crippen molar-refractivity contribution in [1.29, 1.82) is 0 Å². The predicted molar refractivity (Wildman–Crippen MR) is 124 cm³/mol. The SMILES string of the molecule is O=C(c1cc2c3c(c1)CCN3C(=O)CC2)C1CCC(CNCCc2ccccc2)CC1. The van der Waals surface area contributed by atoms with E-state index in [9.17, 15) is 9.59 Å². The van der Waals surface area contributed by atoms with E-state index >= 15 is 0 Å². The summed E-state index contributed by atoms with van der Waals surface area (Å²) >= 11 is 0. The Morgan fingerprint density at radius 3 is 2.48 bits per heavy atom. The Balaban J connectivity index is 1.13. The minimum absolute atomic E-state index is 0.161. The molecule has 1 aliphatic carbocycles. The van der Waals surface area contributed by atoms with Crippen molar-refractivity contribution >= 4 is 17.4 Å². The number of Topliss-reactive ketones (excluding diaryl/α,β-unsaturated/α-hetero) is 1. The van der Waals surface area contributed by atoms with Gasteiger partial charge in [0.05, 0.1) is 5.69 Å². The molecule has 3 aliphatic rings. The molecule has 1 fully saturated rings. The van der Waals surface area contributed by atoms with E-state index in [1.165, 1.54) is 16.7 Å². The van der Waals surface area contributed by atoms with Crippen molar-refractivity contribution in [3.05, 3.63) is 64.7 Å². The van der Waals surface area contributed by atoms with E-state index in [1.54, 1.807) is 0 Å². The summed E-state index contributed by atoms with van der Waals surface area (Å²) in [5.41, 5.74) is 5.78. The number of carbonyl (C=O) groups excluding carboxylic acids is 2. The van der Waals surface area contributed by atoms with E-state index in [1.807, 2.05) is 4.90 Å². The van der Waals surface area contributed by atoms with Gasteiger partial charge in [0.15, 0.2) is 5.78 Å². The Morgan fingerprint density at radius 2 is 1.71 bits per heavy atom. The zero-order chi connectivity index (χ0) is 21.2. The van der Waals surface area contributed by atoms with Crippen LogP contribution in [0.2, 0.25) is 0 Å². The number of hydrogen-bond acceptors (Lipinski definition) is 3. The van der Waals surface area contributed by atoms with E-state index in [0.717, 1.165) is 75.8 Å². The van der Waals surface area contributed by atoms with Crippen LogP contribution >= 0.6 is 0 Å². The van der Waals surface area contributed by atoms with Gasteiger partial charge in [-0.15, -0.1) is 0 Å². The van der Waals surface area contributed by atoms with E-state index in [2.05, 4.69) is 47.8 Å². The zero-order valence-electron chi connectivity index (χ0n) is 18.2. The van der Waals surface area contributed by atoms with Crippen LogP contribution in [0.4, 0.5) is 5.69 Å².